The second-order valence-corrected chi connectivity index (χ2v) is 5.64. The third-order valence-electron chi connectivity index (χ3n) is 4.64. The van der Waals surface area contributed by atoms with Gasteiger partial charge in [-0.05, 0) is 43.6 Å². The van der Waals surface area contributed by atoms with Crippen molar-refractivity contribution in [3.05, 3.63) is 0 Å². The lowest BCUT2D eigenvalue weighted by atomic mass is 9.70. The van der Waals surface area contributed by atoms with Gasteiger partial charge in [0.25, 0.3) is 0 Å². The molecule has 0 aliphatic heterocycles. The second kappa shape index (κ2) is 5.31. The van der Waals surface area contributed by atoms with Crippen LogP contribution in [0.5, 0.6) is 0 Å². The van der Waals surface area contributed by atoms with Crippen molar-refractivity contribution in [2.24, 2.45) is 29.2 Å². The lowest BCUT2D eigenvalue weighted by Gasteiger charge is -2.38. The Kier molecular flexibility index (Phi) is 4.04. The van der Waals surface area contributed by atoms with Crippen LogP contribution in [0.2, 0.25) is 0 Å². The van der Waals surface area contributed by atoms with E-state index in [-0.39, 0.29) is 0 Å². The number of rotatable bonds is 4. The fourth-order valence-electron chi connectivity index (χ4n) is 3.38. The third-order valence-corrected chi connectivity index (χ3v) is 4.64. The van der Waals surface area contributed by atoms with Gasteiger partial charge in [0.2, 0.25) is 0 Å². The molecule has 2 fully saturated rings. The summed E-state index contributed by atoms with van der Waals surface area (Å²) in [7, 11) is 0. The number of hydrogen-bond donors (Lipinski definition) is 2. The minimum atomic E-state index is 0.437. The van der Waals surface area contributed by atoms with Crippen molar-refractivity contribution >= 4 is 0 Å². The summed E-state index contributed by atoms with van der Waals surface area (Å²) >= 11 is 0. The van der Waals surface area contributed by atoms with Crippen molar-refractivity contribution < 1.29 is 0 Å². The van der Waals surface area contributed by atoms with Gasteiger partial charge in [-0.25, -0.2) is 0 Å². The summed E-state index contributed by atoms with van der Waals surface area (Å²) in [6, 6.07) is 0.437. The molecule has 2 saturated carbocycles. The van der Waals surface area contributed by atoms with Gasteiger partial charge in [0.15, 0.2) is 0 Å². The van der Waals surface area contributed by atoms with Crippen LogP contribution in [0.4, 0.5) is 0 Å². The molecule has 4 N–H and O–H groups in total. The first-order valence-corrected chi connectivity index (χ1v) is 6.77. The van der Waals surface area contributed by atoms with Gasteiger partial charge >= 0.3 is 0 Å². The maximum Gasteiger partial charge on any atom is 0.00702 e. The summed E-state index contributed by atoms with van der Waals surface area (Å²) < 4.78 is 0. The molecule has 0 amide bonds. The van der Waals surface area contributed by atoms with E-state index in [1.54, 1.807) is 0 Å². The summed E-state index contributed by atoms with van der Waals surface area (Å²) in [5, 5.41) is 0. The van der Waals surface area contributed by atoms with Crippen molar-refractivity contribution in [1.82, 2.24) is 0 Å². The molecule has 0 aromatic rings. The van der Waals surface area contributed by atoms with Gasteiger partial charge in [-0.3, -0.25) is 0 Å². The van der Waals surface area contributed by atoms with Crippen molar-refractivity contribution in [2.75, 3.05) is 6.54 Å². The average molecular weight is 210 g/mol. The largest absolute Gasteiger partial charge is 0.330 e. The van der Waals surface area contributed by atoms with Crippen LogP contribution < -0.4 is 11.5 Å². The summed E-state index contributed by atoms with van der Waals surface area (Å²) in [5.41, 5.74) is 12.2. The molecule has 15 heavy (non-hydrogen) atoms. The molecule has 0 aromatic carbocycles. The van der Waals surface area contributed by atoms with Crippen LogP contribution in [0.15, 0.2) is 0 Å². The van der Waals surface area contributed by atoms with E-state index in [0.29, 0.717) is 12.0 Å². The van der Waals surface area contributed by atoms with Crippen LogP contribution in [0, 0.1) is 17.8 Å². The summed E-state index contributed by atoms with van der Waals surface area (Å²) in [6.07, 6.45) is 10.9. The highest BCUT2D eigenvalue weighted by molar-refractivity contribution is 4.86. The fourth-order valence-corrected chi connectivity index (χ4v) is 3.38. The standard InChI is InChI=1S/C13H26N2/c14-9-11(8-10-4-3-5-10)12-6-1-2-7-13(12)15/h10-13H,1-9,14-15H2/t11?,12?,13-/m1/s1. The first kappa shape index (κ1) is 11.4. The lowest BCUT2D eigenvalue weighted by Crippen LogP contribution is -2.41. The molecule has 2 unspecified atom stereocenters. The molecular weight excluding hydrogens is 184 g/mol. The molecule has 2 nitrogen and oxygen atoms in total. The van der Waals surface area contributed by atoms with Crippen molar-refractivity contribution in [3.63, 3.8) is 0 Å². The van der Waals surface area contributed by atoms with Crippen molar-refractivity contribution in [2.45, 2.75) is 57.4 Å². The Morgan fingerprint density at radius 2 is 1.73 bits per heavy atom. The highest BCUT2D eigenvalue weighted by atomic mass is 14.7. The average Bonchev–Trinajstić information content (AvgIpc) is 2.19. The molecule has 2 aliphatic rings. The summed E-state index contributed by atoms with van der Waals surface area (Å²) in [5.74, 6) is 2.42. The fraction of sp³-hybridized carbons (Fsp3) is 1.00. The first-order valence-electron chi connectivity index (χ1n) is 6.77. The molecule has 2 heteroatoms. The molecule has 88 valence electrons. The Labute approximate surface area is 93.8 Å². The predicted molar refractivity (Wildman–Crippen MR) is 64.4 cm³/mol. The minimum absolute atomic E-state index is 0.437. The zero-order chi connectivity index (χ0) is 10.7. The van der Waals surface area contributed by atoms with Gasteiger partial charge in [0.05, 0.1) is 0 Å². The Hall–Kier alpha value is -0.0800. The van der Waals surface area contributed by atoms with Crippen LogP contribution in [-0.2, 0) is 0 Å². The molecule has 2 aliphatic carbocycles. The van der Waals surface area contributed by atoms with Gasteiger partial charge in [0.1, 0.15) is 0 Å². The minimum Gasteiger partial charge on any atom is -0.330 e. The maximum absolute atomic E-state index is 6.24. The van der Waals surface area contributed by atoms with Crippen molar-refractivity contribution in [1.29, 1.82) is 0 Å². The molecule has 0 aromatic heterocycles. The van der Waals surface area contributed by atoms with Gasteiger partial charge in [-0.2, -0.15) is 0 Å². The van der Waals surface area contributed by atoms with Crippen LogP contribution in [0.1, 0.15) is 51.4 Å². The predicted octanol–water partition coefficient (Wildman–Crippen LogP) is 2.27. The Morgan fingerprint density at radius 1 is 1.00 bits per heavy atom. The van der Waals surface area contributed by atoms with E-state index in [2.05, 4.69) is 0 Å². The molecule has 0 spiro atoms. The van der Waals surface area contributed by atoms with E-state index in [0.717, 1.165) is 18.4 Å². The zero-order valence-corrected chi connectivity index (χ0v) is 9.83. The smallest absolute Gasteiger partial charge is 0.00702 e. The van der Waals surface area contributed by atoms with E-state index in [1.807, 2.05) is 0 Å². The van der Waals surface area contributed by atoms with Crippen LogP contribution >= 0.6 is 0 Å². The summed E-state index contributed by atoms with van der Waals surface area (Å²) in [6.45, 7) is 0.856. The lowest BCUT2D eigenvalue weighted by molar-refractivity contribution is 0.159. The monoisotopic (exact) mass is 210 g/mol. The molecule has 3 atom stereocenters. The van der Waals surface area contributed by atoms with Gasteiger partial charge in [-0.1, -0.05) is 32.1 Å². The molecule has 0 saturated heterocycles. The normalized spacial score (nSPS) is 34.8. The molecule has 2 rings (SSSR count). The molecule has 0 heterocycles. The molecule has 0 bridgehead atoms. The Bertz CT molecular complexity index is 189. The number of hydrogen-bond acceptors (Lipinski definition) is 2. The van der Waals surface area contributed by atoms with Crippen LogP contribution in [0.25, 0.3) is 0 Å². The second-order valence-electron chi connectivity index (χ2n) is 5.64. The highest BCUT2D eigenvalue weighted by Gasteiger charge is 2.31. The summed E-state index contributed by atoms with van der Waals surface area (Å²) in [4.78, 5) is 0. The topological polar surface area (TPSA) is 52.0 Å². The van der Waals surface area contributed by atoms with E-state index in [4.69, 9.17) is 11.5 Å². The van der Waals surface area contributed by atoms with Gasteiger partial charge in [-0.15, -0.1) is 0 Å². The van der Waals surface area contributed by atoms with Crippen LogP contribution in [-0.4, -0.2) is 12.6 Å². The van der Waals surface area contributed by atoms with E-state index >= 15 is 0 Å². The number of nitrogens with two attached hydrogens (primary N) is 2. The Morgan fingerprint density at radius 3 is 2.27 bits per heavy atom. The zero-order valence-electron chi connectivity index (χ0n) is 9.83. The Balaban J connectivity index is 1.85. The van der Waals surface area contributed by atoms with E-state index < -0.39 is 0 Å². The third kappa shape index (κ3) is 2.73. The van der Waals surface area contributed by atoms with Gasteiger partial charge in [0, 0.05) is 6.04 Å². The van der Waals surface area contributed by atoms with E-state index in [9.17, 15) is 0 Å². The first-order chi connectivity index (χ1) is 7.31. The maximum atomic E-state index is 6.24. The van der Waals surface area contributed by atoms with Crippen molar-refractivity contribution in [3.8, 4) is 0 Å². The van der Waals surface area contributed by atoms with Gasteiger partial charge < -0.3 is 11.5 Å². The van der Waals surface area contributed by atoms with E-state index in [1.165, 1.54) is 51.4 Å². The highest BCUT2D eigenvalue weighted by Crippen LogP contribution is 2.38. The molecular formula is C13H26N2. The quantitative estimate of drug-likeness (QED) is 0.748. The van der Waals surface area contributed by atoms with Crippen LogP contribution in [0.3, 0.4) is 0 Å². The SMILES string of the molecule is NCC(CC1CCC1)C1CCCC[C@H]1N. The molecule has 0 radical (unpaired) electrons.